The molecule has 48 heavy (non-hydrogen) atoms. The topological polar surface area (TPSA) is 215 Å². The number of ether oxygens (including phenoxy) is 1. The number of carbonyl (C=O) groups is 2. The number of fused-ring (bicyclic) bond motifs is 1. The fourth-order valence-corrected chi connectivity index (χ4v) is 6.11. The monoisotopic (exact) mass is 677 g/mol. The van der Waals surface area contributed by atoms with Gasteiger partial charge in [-0.05, 0) is 12.3 Å². The summed E-state index contributed by atoms with van der Waals surface area (Å²) < 4.78 is 5.81. The highest BCUT2D eigenvalue weighted by molar-refractivity contribution is 5.85. The van der Waals surface area contributed by atoms with Crippen molar-refractivity contribution in [2.45, 2.75) is 153 Å². The van der Waals surface area contributed by atoms with E-state index in [0.717, 1.165) is 25.2 Å². The molecule has 2 amide bonds. The van der Waals surface area contributed by atoms with Gasteiger partial charge in [0.25, 0.3) is 0 Å². The molecule has 3 rings (SSSR count). The molecule has 1 aliphatic rings. The predicted molar refractivity (Wildman–Crippen MR) is 183 cm³/mol. The molecule has 0 aromatic carbocycles. The van der Waals surface area contributed by atoms with Crippen molar-refractivity contribution in [3.63, 3.8) is 0 Å². The number of hydrogen-bond acceptors (Lipinski definition) is 11. The van der Waals surface area contributed by atoms with Crippen molar-refractivity contribution in [2.75, 3.05) is 18.5 Å². The second-order valence-corrected chi connectivity index (χ2v) is 13.5. The van der Waals surface area contributed by atoms with Crippen molar-refractivity contribution in [3.05, 3.63) is 12.7 Å². The van der Waals surface area contributed by atoms with Gasteiger partial charge < -0.3 is 46.1 Å². The highest BCUT2D eigenvalue weighted by Gasteiger charge is 2.48. The Bertz CT molecular complexity index is 1200. The van der Waals surface area contributed by atoms with E-state index in [1.165, 1.54) is 89.7 Å². The fourth-order valence-electron chi connectivity index (χ4n) is 6.11. The molecule has 272 valence electrons. The summed E-state index contributed by atoms with van der Waals surface area (Å²) >= 11 is 0. The standard InChI is InChI=1S/C34H59N7O7/c1-23(2)17-15-13-11-9-7-5-3-4-6-8-10-12-14-16-18-25(44)35-19-26(45)40-27-29(46)30(47)34(48-31(27)24(43)20-42)41-33-28-32(37-21-36-28)38-22-39-33/h21-24,27,29-31,34,42-43,46-47H,3-20H2,1-2H3,(H,35,44)(H,40,45)(H2,36,37,38,39,41)/t24-,27+,29+,30+,31-,34-/m0/s1. The third-order valence-electron chi connectivity index (χ3n) is 8.96. The number of carbonyl (C=O) groups excluding carboxylic acids is 2. The second kappa shape index (κ2) is 21.9. The van der Waals surface area contributed by atoms with E-state index in [1.54, 1.807) is 0 Å². The summed E-state index contributed by atoms with van der Waals surface area (Å²) in [5, 5.41) is 49.7. The van der Waals surface area contributed by atoms with Crippen molar-refractivity contribution in [1.82, 2.24) is 30.6 Å². The molecule has 8 N–H and O–H groups in total. The third-order valence-corrected chi connectivity index (χ3v) is 8.96. The summed E-state index contributed by atoms with van der Waals surface area (Å²) in [6, 6.07) is -1.27. The van der Waals surface area contributed by atoms with Crippen molar-refractivity contribution in [2.24, 2.45) is 5.92 Å². The van der Waals surface area contributed by atoms with Crippen LogP contribution in [-0.2, 0) is 14.3 Å². The lowest BCUT2D eigenvalue weighted by atomic mass is 9.92. The number of aromatic nitrogens is 4. The average molecular weight is 678 g/mol. The number of unbranched alkanes of at least 4 members (excludes halogenated alkanes) is 13. The molecule has 0 radical (unpaired) electrons. The molecule has 1 aliphatic heterocycles. The van der Waals surface area contributed by atoms with E-state index in [1.807, 2.05) is 0 Å². The lowest BCUT2D eigenvalue weighted by Crippen LogP contribution is -2.68. The first kappa shape index (κ1) is 39.5. The number of imidazole rings is 1. The first-order chi connectivity index (χ1) is 23.2. The Hall–Kier alpha value is -2.91. The number of nitrogens with zero attached hydrogens (tertiary/aromatic N) is 3. The maximum atomic E-state index is 12.7. The molecule has 2 aromatic heterocycles. The summed E-state index contributed by atoms with van der Waals surface area (Å²) in [4.78, 5) is 40.0. The Balaban J connectivity index is 1.26. The quantitative estimate of drug-likeness (QED) is 0.0756. The van der Waals surface area contributed by atoms with Crippen LogP contribution < -0.4 is 16.0 Å². The molecular weight excluding hydrogens is 618 g/mol. The molecule has 0 aliphatic carbocycles. The molecule has 0 spiro atoms. The van der Waals surface area contributed by atoms with Crippen molar-refractivity contribution in [1.29, 1.82) is 0 Å². The van der Waals surface area contributed by atoms with Gasteiger partial charge in [-0.2, -0.15) is 0 Å². The van der Waals surface area contributed by atoms with Crippen LogP contribution in [0.2, 0.25) is 0 Å². The molecule has 1 saturated heterocycles. The molecule has 14 nitrogen and oxygen atoms in total. The van der Waals surface area contributed by atoms with E-state index in [4.69, 9.17) is 4.74 Å². The zero-order chi connectivity index (χ0) is 34.7. The minimum Gasteiger partial charge on any atom is -0.394 e. The van der Waals surface area contributed by atoms with E-state index in [9.17, 15) is 30.0 Å². The number of aliphatic hydroxyl groups is 4. The molecule has 6 atom stereocenters. The van der Waals surface area contributed by atoms with Crippen LogP contribution in [0.25, 0.3) is 11.2 Å². The van der Waals surface area contributed by atoms with Crippen LogP contribution in [0.15, 0.2) is 12.7 Å². The molecule has 1 fully saturated rings. The van der Waals surface area contributed by atoms with Gasteiger partial charge in [0.05, 0.1) is 25.5 Å². The number of amides is 2. The van der Waals surface area contributed by atoms with E-state index >= 15 is 0 Å². The fraction of sp³-hybridized carbons (Fsp3) is 0.794. The highest BCUT2D eigenvalue weighted by Crippen LogP contribution is 2.26. The van der Waals surface area contributed by atoms with Crippen LogP contribution >= 0.6 is 0 Å². The second-order valence-electron chi connectivity index (χ2n) is 13.5. The van der Waals surface area contributed by atoms with Gasteiger partial charge >= 0.3 is 0 Å². The minimum atomic E-state index is -1.59. The van der Waals surface area contributed by atoms with E-state index in [2.05, 4.69) is 49.7 Å². The normalized spacial score (nSPS) is 21.8. The van der Waals surface area contributed by atoms with Crippen LogP contribution in [0.4, 0.5) is 5.82 Å². The zero-order valence-corrected chi connectivity index (χ0v) is 28.8. The van der Waals surface area contributed by atoms with Crippen molar-refractivity contribution < 1.29 is 34.8 Å². The first-order valence-corrected chi connectivity index (χ1v) is 18.0. The van der Waals surface area contributed by atoms with E-state index < -0.39 is 49.2 Å². The van der Waals surface area contributed by atoms with Crippen LogP contribution in [0, 0.1) is 5.92 Å². The van der Waals surface area contributed by atoms with E-state index in [-0.39, 0.29) is 18.3 Å². The van der Waals surface area contributed by atoms with Gasteiger partial charge in [-0.1, -0.05) is 104 Å². The lowest BCUT2D eigenvalue weighted by molar-refractivity contribution is -0.204. The third kappa shape index (κ3) is 13.5. The summed E-state index contributed by atoms with van der Waals surface area (Å²) in [7, 11) is 0. The molecule has 14 heteroatoms. The molecule has 0 bridgehead atoms. The number of rotatable bonds is 24. The van der Waals surface area contributed by atoms with Gasteiger partial charge in [-0.15, -0.1) is 0 Å². The molecule has 2 aromatic rings. The predicted octanol–water partition coefficient (Wildman–Crippen LogP) is 3.06. The Morgan fingerprint density at radius 1 is 0.854 bits per heavy atom. The van der Waals surface area contributed by atoms with Crippen LogP contribution in [0.3, 0.4) is 0 Å². The maximum absolute atomic E-state index is 12.7. The van der Waals surface area contributed by atoms with Gasteiger partial charge in [-0.25, -0.2) is 15.0 Å². The SMILES string of the molecule is CC(C)CCCCCCCCCCCCCCCCC(=O)NCC(=O)N[C@@H]1[C@@H](O)[C@@H](O)[C@@H](Nc2ncnc3nc[nH]c23)O[C@H]1[C@@H](O)CO. The Morgan fingerprint density at radius 2 is 1.46 bits per heavy atom. The number of aliphatic hydroxyl groups excluding tert-OH is 4. The number of anilines is 1. The molecule has 0 unspecified atom stereocenters. The summed E-state index contributed by atoms with van der Waals surface area (Å²) in [5.41, 5.74) is 0.796. The van der Waals surface area contributed by atoms with Gasteiger partial charge in [0.1, 0.15) is 36.3 Å². The molecule has 3 heterocycles. The number of nitrogens with one attached hydrogen (secondary N) is 4. The number of hydrogen-bond donors (Lipinski definition) is 8. The summed E-state index contributed by atoms with van der Waals surface area (Å²) in [5.74, 6) is 0.166. The number of aromatic amines is 1. The zero-order valence-electron chi connectivity index (χ0n) is 28.8. The summed E-state index contributed by atoms with van der Waals surface area (Å²) in [6.45, 7) is 3.52. The first-order valence-electron chi connectivity index (χ1n) is 18.0. The minimum absolute atomic E-state index is 0.232. The van der Waals surface area contributed by atoms with Crippen LogP contribution in [-0.4, -0.2) is 102 Å². The lowest BCUT2D eigenvalue weighted by Gasteiger charge is -2.44. The van der Waals surface area contributed by atoms with E-state index in [0.29, 0.717) is 17.6 Å². The van der Waals surface area contributed by atoms with Crippen molar-refractivity contribution in [3.8, 4) is 0 Å². The van der Waals surface area contributed by atoms with Crippen LogP contribution in [0.5, 0.6) is 0 Å². The number of H-pyrrole nitrogens is 1. The van der Waals surface area contributed by atoms with Gasteiger partial charge in [0, 0.05) is 6.42 Å². The maximum Gasteiger partial charge on any atom is 0.239 e. The van der Waals surface area contributed by atoms with Crippen LogP contribution in [0.1, 0.15) is 117 Å². The average Bonchev–Trinajstić information content (AvgIpc) is 3.56. The van der Waals surface area contributed by atoms with Crippen molar-refractivity contribution >= 4 is 28.8 Å². The van der Waals surface area contributed by atoms with Gasteiger partial charge in [-0.3, -0.25) is 9.59 Å². The largest absolute Gasteiger partial charge is 0.394 e. The smallest absolute Gasteiger partial charge is 0.239 e. The highest BCUT2D eigenvalue weighted by atomic mass is 16.5. The Labute approximate surface area is 284 Å². The molecular formula is C34H59N7O7. The van der Waals surface area contributed by atoms with Gasteiger partial charge in [0.15, 0.2) is 17.7 Å². The Morgan fingerprint density at radius 3 is 2.06 bits per heavy atom. The van der Waals surface area contributed by atoms with Gasteiger partial charge in [0.2, 0.25) is 11.8 Å². The Kier molecular flexibility index (Phi) is 18.1. The summed E-state index contributed by atoms with van der Waals surface area (Å²) in [6.07, 6.45) is 14.4. The molecule has 0 saturated carbocycles.